The Morgan fingerprint density at radius 3 is 2.19 bits per heavy atom. The zero-order chi connectivity index (χ0) is 18.7. The molecule has 26 heavy (non-hydrogen) atoms. The first kappa shape index (κ1) is 17.5. The summed E-state index contributed by atoms with van der Waals surface area (Å²) in [7, 11) is 0. The molecule has 3 rings (SSSR count). The van der Waals surface area contributed by atoms with Gasteiger partial charge in [-0.2, -0.15) is 0 Å². The molecule has 0 aliphatic heterocycles. The second-order valence-corrected chi connectivity index (χ2v) is 5.71. The third-order valence-electron chi connectivity index (χ3n) is 3.81. The summed E-state index contributed by atoms with van der Waals surface area (Å²) in [5.41, 5.74) is 2.30. The first-order chi connectivity index (χ1) is 12.5. The van der Waals surface area contributed by atoms with Gasteiger partial charge in [-0.05, 0) is 43.2 Å². The lowest BCUT2D eigenvalue weighted by atomic mass is 10.1. The lowest BCUT2D eigenvalue weighted by Crippen LogP contribution is -2.16. The van der Waals surface area contributed by atoms with Gasteiger partial charge in [-0.25, -0.2) is 18.7 Å². The second-order valence-electron chi connectivity index (χ2n) is 5.71. The van der Waals surface area contributed by atoms with Crippen LogP contribution in [0.1, 0.15) is 21.6 Å². The highest BCUT2D eigenvalue weighted by Gasteiger charge is 2.15. The lowest BCUT2D eigenvalue weighted by Gasteiger charge is -2.12. The molecule has 0 aliphatic rings. The smallest absolute Gasteiger partial charge is 0.274 e. The minimum Gasteiger partial charge on any atom is -0.324 e. The second kappa shape index (κ2) is 7.26. The third-order valence-corrected chi connectivity index (χ3v) is 3.81. The molecule has 0 aliphatic carbocycles. The largest absolute Gasteiger partial charge is 0.324 e. The number of amides is 1. The van der Waals surface area contributed by atoms with E-state index in [1.165, 1.54) is 18.3 Å². The summed E-state index contributed by atoms with van der Waals surface area (Å²) < 4.78 is 27.4. The van der Waals surface area contributed by atoms with Gasteiger partial charge in [0, 0.05) is 11.9 Å². The molecule has 0 spiro atoms. The molecular weight excluding hydrogens is 338 g/mol. The minimum absolute atomic E-state index is 0.0172. The summed E-state index contributed by atoms with van der Waals surface area (Å²) in [6, 6.07) is 10.5. The number of aryl methyl sites for hydroxylation is 2. The van der Waals surface area contributed by atoms with Crippen LogP contribution in [0.25, 0.3) is 0 Å². The highest BCUT2D eigenvalue weighted by Crippen LogP contribution is 2.23. The zero-order valence-corrected chi connectivity index (χ0v) is 14.2. The van der Waals surface area contributed by atoms with Crippen molar-refractivity contribution in [3.8, 4) is 0 Å². The Hall–Kier alpha value is -3.35. The fourth-order valence-electron chi connectivity index (χ4n) is 2.46. The maximum absolute atomic E-state index is 13.7. The number of benzene rings is 2. The number of hydrogen-bond donors (Lipinski definition) is 2. The van der Waals surface area contributed by atoms with Gasteiger partial charge >= 0.3 is 0 Å². The van der Waals surface area contributed by atoms with Crippen molar-refractivity contribution in [2.45, 2.75) is 13.8 Å². The van der Waals surface area contributed by atoms with Crippen LogP contribution in [0, 0.1) is 25.5 Å². The standard InChI is InChI=1S/C19H16F2N4O/c1-11-5-3-6-12(2)16(11)25-19-22-10-9-15(23-19)18(26)24-17-13(20)7-4-8-14(17)21/h3-10H,1-2H3,(H,24,26)(H,22,23,25). The maximum atomic E-state index is 13.7. The molecule has 1 aromatic heterocycles. The topological polar surface area (TPSA) is 66.9 Å². The summed E-state index contributed by atoms with van der Waals surface area (Å²) in [6.07, 6.45) is 1.40. The summed E-state index contributed by atoms with van der Waals surface area (Å²) in [5.74, 6) is -2.24. The van der Waals surface area contributed by atoms with E-state index in [1.54, 1.807) is 0 Å². The first-order valence-electron chi connectivity index (χ1n) is 7.87. The van der Waals surface area contributed by atoms with Gasteiger partial charge in [-0.3, -0.25) is 4.79 Å². The molecule has 5 nitrogen and oxygen atoms in total. The van der Waals surface area contributed by atoms with Crippen LogP contribution in [-0.4, -0.2) is 15.9 Å². The van der Waals surface area contributed by atoms with Crippen molar-refractivity contribution >= 4 is 23.2 Å². The lowest BCUT2D eigenvalue weighted by molar-refractivity contribution is 0.102. The molecule has 0 saturated heterocycles. The van der Waals surface area contributed by atoms with Crippen LogP contribution in [0.5, 0.6) is 0 Å². The third kappa shape index (κ3) is 3.66. The molecule has 1 amide bonds. The molecule has 1 heterocycles. The van der Waals surface area contributed by atoms with Gasteiger partial charge in [0.1, 0.15) is 23.0 Å². The van der Waals surface area contributed by atoms with E-state index in [2.05, 4.69) is 20.6 Å². The predicted molar refractivity (Wildman–Crippen MR) is 95.5 cm³/mol. The van der Waals surface area contributed by atoms with E-state index in [-0.39, 0.29) is 11.6 Å². The minimum atomic E-state index is -0.860. The average molecular weight is 354 g/mol. The van der Waals surface area contributed by atoms with Crippen molar-refractivity contribution in [2.24, 2.45) is 0 Å². The van der Waals surface area contributed by atoms with E-state index < -0.39 is 23.2 Å². The van der Waals surface area contributed by atoms with Crippen molar-refractivity contribution < 1.29 is 13.6 Å². The van der Waals surface area contributed by atoms with Crippen molar-refractivity contribution in [1.29, 1.82) is 0 Å². The van der Waals surface area contributed by atoms with Crippen molar-refractivity contribution in [3.63, 3.8) is 0 Å². The molecule has 2 N–H and O–H groups in total. The monoisotopic (exact) mass is 354 g/mol. The molecule has 132 valence electrons. The van der Waals surface area contributed by atoms with Crippen LogP contribution in [0.15, 0.2) is 48.7 Å². The van der Waals surface area contributed by atoms with Gasteiger partial charge in [0.2, 0.25) is 5.95 Å². The summed E-state index contributed by atoms with van der Waals surface area (Å²) in [5, 5.41) is 5.27. The predicted octanol–water partition coefficient (Wildman–Crippen LogP) is 4.37. The number of hydrogen-bond acceptors (Lipinski definition) is 4. The fraction of sp³-hybridized carbons (Fsp3) is 0.105. The van der Waals surface area contributed by atoms with Crippen LogP contribution >= 0.6 is 0 Å². The van der Waals surface area contributed by atoms with Gasteiger partial charge < -0.3 is 10.6 Å². The van der Waals surface area contributed by atoms with Crippen LogP contribution in [0.2, 0.25) is 0 Å². The van der Waals surface area contributed by atoms with Gasteiger partial charge in [-0.1, -0.05) is 24.3 Å². The van der Waals surface area contributed by atoms with E-state index in [0.717, 1.165) is 28.9 Å². The van der Waals surface area contributed by atoms with Crippen LogP contribution in [0.4, 0.5) is 26.1 Å². The van der Waals surface area contributed by atoms with Crippen LogP contribution < -0.4 is 10.6 Å². The van der Waals surface area contributed by atoms with Crippen molar-refractivity contribution in [2.75, 3.05) is 10.6 Å². The van der Waals surface area contributed by atoms with Crippen LogP contribution in [-0.2, 0) is 0 Å². The van der Waals surface area contributed by atoms with Gasteiger partial charge in [0.05, 0.1) is 0 Å². The molecular formula is C19H16F2N4O. The molecule has 0 fully saturated rings. The summed E-state index contributed by atoms with van der Waals surface area (Å²) >= 11 is 0. The van der Waals surface area contributed by atoms with Crippen molar-refractivity contribution in [3.05, 3.63) is 77.1 Å². The normalized spacial score (nSPS) is 10.5. The van der Waals surface area contributed by atoms with Crippen molar-refractivity contribution in [1.82, 2.24) is 9.97 Å². The Bertz CT molecular complexity index is 935. The Morgan fingerprint density at radius 1 is 0.923 bits per heavy atom. The van der Waals surface area contributed by atoms with E-state index in [1.807, 2.05) is 32.0 Å². The molecule has 0 bridgehead atoms. The van der Waals surface area contributed by atoms with E-state index in [9.17, 15) is 13.6 Å². The molecule has 2 aromatic carbocycles. The molecule has 3 aromatic rings. The van der Waals surface area contributed by atoms with E-state index in [4.69, 9.17) is 0 Å². The average Bonchev–Trinajstić information content (AvgIpc) is 2.62. The number of carbonyl (C=O) groups is 1. The molecule has 0 radical (unpaired) electrons. The summed E-state index contributed by atoms with van der Waals surface area (Å²) in [6.45, 7) is 3.87. The number of anilines is 3. The SMILES string of the molecule is Cc1cccc(C)c1Nc1nccc(C(=O)Nc2c(F)cccc2F)n1. The van der Waals surface area contributed by atoms with Gasteiger partial charge in [-0.15, -0.1) is 0 Å². The Balaban J connectivity index is 1.84. The maximum Gasteiger partial charge on any atom is 0.274 e. The number of aromatic nitrogens is 2. The number of nitrogens with one attached hydrogen (secondary N) is 2. The molecule has 0 unspecified atom stereocenters. The van der Waals surface area contributed by atoms with Gasteiger partial charge in [0.15, 0.2) is 0 Å². The number of para-hydroxylation sites is 2. The molecule has 0 saturated carbocycles. The molecule has 0 atom stereocenters. The first-order valence-corrected chi connectivity index (χ1v) is 7.87. The number of nitrogens with zero attached hydrogens (tertiary/aromatic N) is 2. The number of halogens is 2. The van der Waals surface area contributed by atoms with Crippen LogP contribution in [0.3, 0.4) is 0 Å². The highest BCUT2D eigenvalue weighted by molar-refractivity contribution is 6.03. The highest BCUT2D eigenvalue weighted by atomic mass is 19.1. The Labute approximate surface area is 149 Å². The van der Waals surface area contributed by atoms with E-state index >= 15 is 0 Å². The number of carbonyl (C=O) groups excluding carboxylic acids is 1. The van der Waals surface area contributed by atoms with E-state index in [0.29, 0.717) is 0 Å². The quantitative estimate of drug-likeness (QED) is 0.730. The van der Waals surface area contributed by atoms with Gasteiger partial charge in [0.25, 0.3) is 5.91 Å². The number of rotatable bonds is 4. The zero-order valence-electron chi connectivity index (χ0n) is 14.2. The summed E-state index contributed by atoms with van der Waals surface area (Å²) in [4.78, 5) is 20.5. The molecule has 7 heteroatoms. The Kier molecular flexibility index (Phi) is 4.88. The fourth-order valence-corrected chi connectivity index (χ4v) is 2.46. The Morgan fingerprint density at radius 2 is 1.54 bits per heavy atom.